The molecule has 0 radical (unpaired) electrons. The summed E-state index contributed by atoms with van der Waals surface area (Å²) in [4.78, 5) is 0. The molecule has 0 aliphatic rings. The Labute approximate surface area is 66.7 Å². The lowest BCUT2D eigenvalue weighted by Gasteiger charge is -2.10. The highest BCUT2D eigenvalue weighted by Gasteiger charge is 2.05. The fourth-order valence-corrected chi connectivity index (χ4v) is 0.683. The lowest BCUT2D eigenvalue weighted by atomic mass is 10.3. The van der Waals surface area contributed by atoms with Gasteiger partial charge in [0.2, 0.25) is 0 Å². The van der Waals surface area contributed by atoms with Crippen molar-refractivity contribution in [2.75, 3.05) is 13.2 Å². The summed E-state index contributed by atoms with van der Waals surface area (Å²) in [6.07, 6.45) is 0.809. The lowest BCUT2D eigenvalue weighted by molar-refractivity contribution is 0.309. The average Bonchev–Trinajstić information content (AvgIpc) is 1.98. The van der Waals surface area contributed by atoms with Crippen molar-refractivity contribution < 1.29 is 4.74 Å². The highest BCUT2D eigenvalue weighted by molar-refractivity contribution is 7.80. The summed E-state index contributed by atoms with van der Waals surface area (Å²) in [5.74, 6) is 0. The minimum atomic E-state index is -0.124. The van der Waals surface area contributed by atoms with Crippen molar-refractivity contribution >= 4 is 17.3 Å². The van der Waals surface area contributed by atoms with Gasteiger partial charge in [-0.2, -0.15) is 0 Å². The smallest absolute Gasteiger partial charge is 0.176 e. The Morgan fingerprint density at radius 3 is 2.70 bits per heavy atom. The maximum Gasteiger partial charge on any atom is 0.176 e. The first-order chi connectivity index (χ1) is 4.72. The van der Waals surface area contributed by atoms with E-state index in [-0.39, 0.29) is 6.04 Å². The van der Waals surface area contributed by atoms with E-state index in [1.54, 1.807) is 0 Å². The van der Waals surface area contributed by atoms with Crippen molar-refractivity contribution in [3.05, 3.63) is 0 Å². The van der Waals surface area contributed by atoms with E-state index in [2.05, 4.69) is 0 Å². The zero-order valence-electron chi connectivity index (χ0n) is 6.17. The van der Waals surface area contributed by atoms with Gasteiger partial charge in [-0.15, -0.1) is 0 Å². The zero-order chi connectivity index (χ0) is 7.98. The summed E-state index contributed by atoms with van der Waals surface area (Å²) in [5, 5.41) is 0.466. The summed E-state index contributed by atoms with van der Waals surface area (Å²) in [5.41, 5.74) is 10.7. The Hall–Kier alpha value is -0.190. The minimum absolute atomic E-state index is 0.124. The fraction of sp³-hybridized carbons (Fsp3) is 0.833. The third kappa shape index (κ3) is 3.76. The predicted octanol–water partition coefficient (Wildman–Crippen LogP) is 0.0264. The van der Waals surface area contributed by atoms with Gasteiger partial charge in [0.25, 0.3) is 0 Å². The molecule has 0 aromatic rings. The van der Waals surface area contributed by atoms with Gasteiger partial charge in [-0.05, 0) is 18.6 Å². The Kier molecular flexibility index (Phi) is 5.48. The van der Waals surface area contributed by atoms with E-state index in [0.29, 0.717) is 18.2 Å². The molecule has 1 unspecified atom stereocenters. The van der Waals surface area contributed by atoms with Gasteiger partial charge in [0.15, 0.2) is 5.05 Å². The van der Waals surface area contributed by atoms with Gasteiger partial charge in [-0.25, -0.2) is 0 Å². The number of ether oxygens (including phenoxy) is 1. The van der Waals surface area contributed by atoms with Crippen LogP contribution in [0.15, 0.2) is 0 Å². The number of hydrogen-bond donors (Lipinski definition) is 2. The standard InChI is InChI=1S/C6H14N2OS/c1-2-5(8)6(10)9-4-3-7/h5H,2-4,7-8H2,1H3. The summed E-state index contributed by atoms with van der Waals surface area (Å²) in [7, 11) is 0. The maximum atomic E-state index is 5.55. The maximum absolute atomic E-state index is 5.55. The van der Waals surface area contributed by atoms with Crippen LogP contribution in [0.1, 0.15) is 13.3 Å². The van der Waals surface area contributed by atoms with Gasteiger partial charge in [0, 0.05) is 6.54 Å². The highest BCUT2D eigenvalue weighted by Crippen LogP contribution is 1.92. The Morgan fingerprint density at radius 2 is 2.30 bits per heavy atom. The van der Waals surface area contributed by atoms with Crippen LogP contribution in [0.4, 0.5) is 0 Å². The predicted molar refractivity (Wildman–Crippen MR) is 45.9 cm³/mol. The first kappa shape index (κ1) is 9.81. The van der Waals surface area contributed by atoms with Crippen LogP contribution in [0, 0.1) is 0 Å². The van der Waals surface area contributed by atoms with Gasteiger partial charge in [0.1, 0.15) is 6.61 Å². The Bertz CT molecular complexity index is 108. The third-order valence-corrected chi connectivity index (χ3v) is 1.53. The molecule has 0 aliphatic heterocycles. The van der Waals surface area contributed by atoms with Gasteiger partial charge in [-0.1, -0.05) is 6.92 Å². The van der Waals surface area contributed by atoms with Crippen LogP contribution in [0.2, 0.25) is 0 Å². The number of hydrogen-bond acceptors (Lipinski definition) is 4. The van der Waals surface area contributed by atoms with E-state index < -0.39 is 0 Å². The molecule has 0 rings (SSSR count). The van der Waals surface area contributed by atoms with Crippen molar-refractivity contribution in [3.8, 4) is 0 Å². The first-order valence-electron chi connectivity index (χ1n) is 3.34. The monoisotopic (exact) mass is 162 g/mol. The molecule has 1 atom stereocenters. The first-order valence-corrected chi connectivity index (χ1v) is 3.75. The second-order valence-corrected chi connectivity index (χ2v) is 2.37. The summed E-state index contributed by atoms with van der Waals surface area (Å²) >= 11 is 4.84. The normalized spacial score (nSPS) is 12.7. The average molecular weight is 162 g/mol. The number of nitrogens with two attached hydrogens (primary N) is 2. The van der Waals surface area contributed by atoms with Crippen molar-refractivity contribution in [3.63, 3.8) is 0 Å². The molecule has 0 amide bonds. The van der Waals surface area contributed by atoms with E-state index in [1.807, 2.05) is 6.92 Å². The second kappa shape index (κ2) is 5.58. The molecule has 4 heteroatoms. The Morgan fingerprint density at radius 1 is 1.70 bits per heavy atom. The van der Waals surface area contributed by atoms with Crippen LogP contribution in [0.25, 0.3) is 0 Å². The minimum Gasteiger partial charge on any atom is -0.484 e. The zero-order valence-corrected chi connectivity index (χ0v) is 6.99. The molecule has 60 valence electrons. The van der Waals surface area contributed by atoms with E-state index in [1.165, 1.54) is 0 Å². The number of rotatable bonds is 4. The lowest BCUT2D eigenvalue weighted by Crippen LogP contribution is -2.31. The molecule has 0 aromatic carbocycles. The fourth-order valence-electron chi connectivity index (χ4n) is 0.433. The molecule has 0 fully saturated rings. The summed E-state index contributed by atoms with van der Waals surface area (Å²) in [6, 6.07) is -0.124. The molecule has 0 spiro atoms. The SMILES string of the molecule is CCC(N)C(=S)OCCN. The molecular weight excluding hydrogens is 148 g/mol. The van der Waals surface area contributed by atoms with Crippen LogP contribution in [-0.2, 0) is 4.74 Å². The van der Waals surface area contributed by atoms with E-state index in [0.717, 1.165) is 6.42 Å². The van der Waals surface area contributed by atoms with Gasteiger partial charge in [0.05, 0.1) is 6.04 Å². The molecule has 0 saturated heterocycles. The van der Waals surface area contributed by atoms with E-state index >= 15 is 0 Å². The molecular formula is C6H14N2OS. The van der Waals surface area contributed by atoms with Crippen LogP contribution < -0.4 is 11.5 Å². The molecule has 10 heavy (non-hydrogen) atoms. The molecule has 0 bridgehead atoms. The van der Waals surface area contributed by atoms with Crippen molar-refractivity contribution in [2.24, 2.45) is 11.5 Å². The van der Waals surface area contributed by atoms with E-state index in [9.17, 15) is 0 Å². The van der Waals surface area contributed by atoms with Crippen LogP contribution in [-0.4, -0.2) is 24.2 Å². The van der Waals surface area contributed by atoms with Gasteiger partial charge >= 0.3 is 0 Å². The number of thiocarbonyl (C=S) groups is 1. The van der Waals surface area contributed by atoms with E-state index in [4.69, 9.17) is 28.4 Å². The molecule has 4 N–H and O–H groups in total. The van der Waals surface area contributed by atoms with Gasteiger partial charge < -0.3 is 16.2 Å². The third-order valence-electron chi connectivity index (χ3n) is 1.10. The second-order valence-electron chi connectivity index (χ2n) is 1.97. The molecule has 0 aliphatic carbocycles. The summed E-state index contributed by atoms with van der Waals surface area (Å²) in [6.45, 7) is 2.91. The van der Waals surface area contributed by atoms with Crippen molar-refractivity contribution in [1.29, 1.82) is 0 Å². The Balaban J connectivity index is 3.42. The molecule has 0 heterocycles. The highest BCUT2D eigenvalue weighted by atomic mass is 32.1. The quantitative estimate of drug-likeness (QED) is 0.572. The van der Waals surface area contributed by atoms with Crippen LogP contribution in [0.5, 0.6) is 0 Å². The molecule has 3 nitrogen and oxygen atoms in total. The van der Waals surface area contributed by atoms with Gasteiger partial charge in [-0.3, -0.25) is 0 Å². The van der Waals surface area contributed by atoms with Crippen LogP contribution >= 0.6 is 12.2 Å². The summed E-state index contributed by atoms with van der Waals surface area (Å²) < 4.78 is 5.03. The molecule has 0 aromatic heterocycles. The van der Waals surface area contributed by atoms with Crippen molar-refractivity contribution in [1.82, 2.24) is 0 Å². The molecule has 0 saturated carbocycles. The van der Waals surface area contributed by atoms with Crippen LogP contribution in [0.3, 0.4) is 0 Å². The largest absolute Gasteiger partial charge is 0.484 e. The van der Waals surface area contributed by atoms with Crippen molar-refractivity contribution in [2.45, 2.75) is 19.4 Å². The topological polar surface area (TPSA) is 61.3 Å².